The molecule has 8 nitrogen and oxygen atoms in total. The fourth-order valence-electron chi connectivity index (χ4n) is 11.3. The van der Waals surface area contributed by atoms with Gasteiger partial charge in [-0.3, -0.25) is 0 Å². The van der Waals surface area contributed by atoms with Crippen molar-refractivity contribution in [1.82, 2.24) is 4.72 Å². The van der Waals surface area contributed by atoms with Crippen molar-refractivity contribution in [3.05, 3.63) is 23.8 Å². The first-order chi connectivity index (χ1) is 21.1. The number of benzene rings is 1. The molecule has 1 heterocycles. The number of nitrogens with one attached hydrogen (secondary N) is 1. The van der Waals surface area contributed by atoms with Crippen molar-refractivity contribution in [2.75, 3.05) is 6.61 Å². The predicted molar refractivity (Wildman–Crippen MR) is 172 cm³/mol. The summed E-state index contributed by atoms with van der Waals surface area (Å²) < 4.78 is 39.8. The number of carbonyl (C=O) groups is 1. The highest BCUT2D eigenvalue weighted by molar-refractivity contribution is 7.90. The molecule has 4 saturated carbocycles. The van der Waals surface area contributed by atoms with E-state index < -0.39 is 16.1 Å². The van der Waals surface area contributed by atoms with Crippen LogP contribution >= 0.6 is 0 Å². The maximum atomic E-state index is 13.1. The highest BCUT2D eigenvalue weighted by Gasteiger charge is 2.65. The molecule has 1 amide bonds. The maximum absolute atomic E-state index is 13.1. The fraction of sp³-hybridized carbons (Fsp3) is 0.806. The Labute approximate surface area is 270 Å². The molecule has 1 aromatic rings. The second kappa shape index (κ2) is 11.7. The molecule has 0 bridgehead atoms. The Morgan fingerprint density at radius 1 is 1.02 bits per heavy atom. The highest BCUT2D eigenvalue weighted by Crippen LogP contribution is 2.69. The van der Waals surface area contributed by atoms with Gasteiger partial charge in [-0.1, -0.05) is 34.1 Å². The van der Waals surface area contributed by atoms with Gasteiger partial charge < -0.3 is 19.7 Å². The molecular weight excluding hydrogens is 590 g/mol. The van der Waals surface area contributed by atoms with Gasteiger partial charge in [0.25, 0.3) is 10.0 Å². The van der Waals surface area contributed by atoms with Crippen molar-refractivity contribution in [2.45, 2.75) is 128 Å². The molecule has 45 heavy (non-hydrogen) atoms. The number of aryl methyl sites for hydroxylation is 1. The number of rotatable bonds is 6. The van der Waals surface area contributed by atoms with Crippen molar-refractivity contribution in [3.63, 3.8) is 0 Å². The first-order valence-corrected chi connectivity index (χ1v) is 19.0. The monoisotopic (exact) mass is 645 g/mol. The van der Waals surface area contributed by atoms with Gasteiger partial charge in [-0.2, -0.15) is 0 Å². The van der Waals surface area contributed by atoms with Crippen LogP contribution in [-0.4, -0.2) is 49.1 Å². The summed E-state index contributed by atoms with van der Waals surface area (Å²) in [5.74, 6) is 2.77. The summed E-state index contributed by atoms with van der Waals surface area (Å²) in [6.45, 7) is 13.3. The number of hydrogen-bond acceptors (Lipinski definition) is 7. The SMILES string of the molecule is CC[C@H]1[C@@H](O)[C@@H]2[C@H](CC[C@]3(C)[C@@H]([C@H](C)COC(=O)NS(=O)(=O)c4ccc5c(c4)CCC(C)(C)O5)CC[C@@H]23)[C@@]2(C)CC[C@H](O)C[C@@H]12. The average Bonchev–Trinajstić information content (AvgIpc) is 3.33. The lowest BCUT2D eigenvalue weighted by Gasteiger charge is -2.64. The van der Waals surface area contributed by atoms with Gasteiger partial charge in [0.05, 0.1) is 23.7 Å². The number of amides is 1. The summed E-state index contributed by atoms with van der Waals surface area (Å²) in [6.07, 6.45) is 7.82. The number of aliphatic hydroxyl groups excluding tert-OH is 2. The lowest BCUT2D eigenvalue weighted by Crippen LogP contribution is -2.62. The molecule has 3 N–H and O–H groups in total. The summed E-state index contributed by atoms with van der Waals surface area (Å²) >= 11 is 0. The number of carbonyl (C=O) groups excluding carboxylic acids is 1. The largest absolute Gasteiger partial charge is 0.488 e. The normalized spacial score (nSPS) is 41.0. The molecule has 4 fully saturated rings. The highest BCUT2D eigenvalue weighted by atomic mass is 32.2. The minimum absolute atomic E-state index is 0.0253. The van der Waals surface area contributed by atoms with Gasteiger partial charge in [-0.25, -0.2) is 17.9 Å². The van der Waals surface area contributed by atoms with E-state index in [1.54, 1.807) is 12.1 Å². The first kappa shape index (κ1) is 33.1. The lowest BCUT2D eigenvalue weighted by molar-refractivity contribution is -0.203. The first-order valence-electron chi connectivity index (χ1n) is 17.5. The van der Waals surface area contributed by atoms with Crippen LogP contribution in [0.25, 0.3) is 0 Å². The third kappa shape index (κ3) is 5.71. The molecule has 252 valence electrons. The van der Waals surface area contributed by atoms with Crippen LogP contribution in [0.15, 0.2) is 23.1 Å². The number of sulfonamides is 1. The summed E-state index contributed by atoms with van der Waals surface area (Å²) in [6, 6.07) is 4.71. The molecule has 1 aromatic carbocycles. The zero-order chi connectivity index (χ0) is 32.5. The third-order valence-electron chi connectivity index (χ3n) is 13.6. The van der Waals surface area contributed by atoms with E-state index in [4.69, 9.17) is 9.47 Å². The van der Waals surface area contributed by atoms with E-state index in [1.165, 1.54) is 6.07 Å². The molecule has 0 unspecified atom stereocenters. The predicted octanol–water partition coefficient (Wildman–Crippen LogP) is 6.47. The van der Waals surface area contributed by atoms with Crippen molar-refractivity contribution < 1.29 is 32.9 Å². The minimum atomic E-state index is -4.09. The van der Waals surface area contributed by atoms with Crippen LogP contribution in [0.5, 0.6) is 5.75 Å². The lowest BCUT2D eigenvalue weighted by atomic mass is 9.41. The molecule has 0 saturated heterocycles. The van der Waals surface area contributed by atoms with Gasteiger partial charge in [-0.05, 0) is 148 Å². The van der Waals surface area contributed by atoms with Crippen LogP contribution < -0.4 is 9.46 Å². The van der Waals surface area contributed by atoms with Crippen LogP contribution in [0.4, 0.5) is 4.79 Å². The van der Waals surface area contributed by atoms with E-state index in [0.717, 1.165) is 63.4 Å². The number of fused-ring (bicyclic) bond motifs is 6. The quantitative estimate of drug-likeness (QED) is 0.324. The molecule has 11 atom stereocenters. The Bertz CT molecular complexity index is 1400. The van der Waals surface area contributed by atoms with E-state index in [-0.39, 0.29) is 57.9 Å². The van der Waals surface area contributed by atoms with E-state index in [0.29, 0.717) is 35.8 Å². The maximum Gasteiger partial charge on any atom is 0.421 e. The third-order valence-corrected chi connectivity index (χ3v) is 14.9. The molecule has 1 aliphatic heterocycles. The topological polar surface area (TPSA) is 122 Å². The summed E-state index contributed by atoms with van der Waals surface area (Å²) in [4.78, 5) is 12.8. The van der Waals surface area contributed by atoms with Gasteiger partial charge in [0.15, 0.2) is 0 Å². The average molecular weight is 646 g/mol. The smallest absolute Gasteiger partial charge is 0.421 e. The Hall–Kier alpha value is -1.84. The van der Waals surface area contributed by atoms with Crippen LogP contribution in [0.2, 0.25) is 0 Å². The second-order valence-electron chi connectivity index (χ2n) is 16.4. The van der Waals surface area contributed by atoms with Crippen LogP contribution in [-0.2, 0) is 21.2 Å². The second-order valence-corrected chi connectivity index (χ2v) is 18.1. The molecule has 0 radical (unpaired) electrons. The Balaban J connectivity index is 1.10. The van der Waals surface area contributed by atoms with Crippen molar-refractivity contribution in [2.24, 2.45) is 52.3 Å². The Morgan fingerprint density at radius 3 is 2.47 bits per heavy atom. The van der Waals surface area contributed by atoms with Crippen LogP contribution in [0, 0.1) is 52.3 Å². The Morgan fingerprint density at radius 2 is 1.73 bits per heavy atom. The molecular formula is C36H55NO7S. The van der Waals surface area contributed by atoms with E-state index in [2.05, 4.69) is 32.4 Å². The summed E-state index contributed by atoms with van der Waals surface area (Å²) in [7, 11) is -4.09. The molecule has 6 rings (SSSR count). The molecule has 0 aromatic heterocycles. The van der Waals surface area contributed by atoms with Crippen LogP contribution in [0.1, 0.15) is 105 Å². The van der Waals surface area contributed by atoms with E-state index in [9.17, 15) is 23.4 Å². The molecule has 4 aliphatic carbocycles. The molecule has 0 spiro atoms. The number of hydrogen-bond donors (Lipinski definition) is 3. The van der Waals surface area contributed by atoms with Gasteiger partial charge in [0, 0.05) is 0 Å². The van der Waals surface area contributed by atoms with Crippen molar-refractivity contribution in [1.29, 1.82) is 0 Å². The van der Waals surface area contributed by atoms with Crippen LogP contribution in [0.3, 0.4) is 0 Å². The minimum Gasteiger partial charge on any atom is -0.488 e. The summed E-state index contributed by atoms with van der Waals surface area (Å²) in [5, 5.41) is 22.5. The van der Waals surface area contributed by atoms with Crippen molar-refractivity contribution >= 4 is 16.1 Å². The standard InChI is InChI=1S/C36H55NO7S/c1-7-25-29-19-23(38)13-16-36(29,6)28-14-17-35(5)26(9-10-27(35)31(28)32(25)39)21(2)20-43-33(40)37-45(41,42)24-8-11-30-22(18-24)12-15-34(3,4)44-30/h8,11,18,21,23,25-29,31-32,38-39H,7,9-10,12-17,19-20H2,1-6H3,(H,37,40)/t21-,23+,25-,26-,27+,28+,29+,31+,32-,35-,36-/m1/s1. The van der Waals surface area contributed by atoms with E-state index in [1.807, 2.05) is 13.8 Å². The number of aliphatic hydroxyl groups is 2. The molecule has 9 heteroatoms. The Kier molecular flexibility index (Phi) is 8.59. The van der Waals surface area contributed by atoms with Gasteiger partial charge in [0.2, 0.25) is 0 Å². The van der Waals surface area contributed by atoms with E-state index >= 15 is 0 Å². The van der Waals surface area contributed by atoms with Gasteiger partial charge in [-0.15, -0.1) is 0 Å². The van der Waals surface area contributed by atoms with Gasteiger partial charge >= 0.3 is 6.09 Å². The molecule has 5 aliphatic rings. The zero-order valence-corrected chi connectivity index (χ0v) is 28.9. The van der Waals surface area contributed by atoms with Gasteiger partial charge in [0.1, 0.15) is 11.4 Å². The summed E-state index contributed by atoms with van der Waals surface area (Å²) in [5.41, 5.74) is 0.709. The fourth-order valence-corrected chi connectivity index (χ4v) is 12.2. The zero-order valence-electron chi connectivity index (χ0n) is 28.1. The number of ether oxygens (including phenoxy) is 2. The van der Waals surface area contributed by atoms with Crippen molar-refractivity contribution in [3.8, 4) is 5.75 Å².